The zero-order valence-corrected chi connectivity index (χ0v) is 14.4. The van der Waals surface area contributed by atoms with Gasteiger partial charge >= 0.3 is 0 Å². The predicted octanol–water partition coefficient (Wildman–Crippen LogP) is 4.43. The first-order valence-corrected chi connectivity index (χ1v) is 9.26. The first kappa shape index (κ1) is 18.2. The number of anilines is 1. The maximum absolute atomic E-state index is 12.3. The Morgan fingerprint density at radius 1 is 1.24 bits per heavy atom. The first-order chi connectivity index (χ1) is 10.2. The minimum Gasteiger partial charge on any atom is -0.384 e. The molecule has 1 rings (SSSR count). The summed E-state index contributed by atoms with van der Waals surface area (Å²) in [5.74, 6) is 1.13. The minimum atomic E-state index is -0.0547. The number of carbonyl (C=O) groups excluding carboxylic acids is 1. The number of rotatable bonds is 10. The van der Waals surface area contributed by atoms with E-state index in [1.54, 1.807) is 12.1 Å². The molecule has 5 heteroatoms. The van der Waals surface area contributed by atoms with Gasteiger partial charge < -0.3 is 10.6 Å². The number of carbonyl (C=O) groups is 1. The molecule has 0 aliphatic rings. The van der Waals surface area contributed by atoms with Crippen LogP contribution < -0.4 is 10.6 Å². The van der Waals surface area contributed by atoms with Crippen molar-refractivity contribution >= 4 is 35.0 Å². The van der Waals surface area contributed by atoms with Gasteiger partial charge in [-0.25, -0.2) is 0 Å². The Hall–Kier alpha value is -0.870. The van der Waals surface area contributed by atoms with Crippen molar-refractivity contribution in [3.8, 4) is 0 Å². The molecule has 0 bridgehead atoms. The van der Waals surface area contributed by atoms with E-state index in [2.05, 4.69) is 23.8 Å². The molecule has 0 unspecified atom stereocenters. The largest absolute Gasteiger partial charge is 0.384 e. The molecule has 0 fully saturated rings. The molecule has 1 amide bonds. The van der Waals surface area contributed by atoms with Crippen LogP contribution in [-0.2, 0) is 0 Å². The summed E-state index contributed by atoms with van der Waals surface area (Å²) >= 11 is 7.87. The molecule has 21 heavy (non-hydrogen) atoms. The zero-order valence-electron chi connectivity index (χ0n) is 12.9. The number of amides is 1. The van der Waals surface area contributed by atoms with Gasteiger partial charge in [-0.3, -0.25) is 4.79 Å². The Labute approximate surface area is 137 Å². The maximum atomic E-state index is 12.3. The van der Waals surface area contributed by atoms with Crippen molar-refractivity contribution in [3.05, 3.63) is 28.8 Å². The fourth-order valence-electron chi connectivity index (χ4n) is 1.96. The van der Waals surface area contributed by atoms with E-state index >= 15 is 0 Å². The van der Waals surface area contributed by atoms with Gasteiger partial charge in [0.05, 0.1) is 5.56 Å². The number of thioether (sulfide) groups is 1. The molecule has 0 atom stereocenters. The third kappa shape index (κ3) is 7.09. The molecule has 3 nitrogen and oxygen atoms in total. The van der Waals surface area contributed by atoms with Crippen LogP contribution in [0.3, 0.4) is 0 Å². The van der Waals surface area contributed by atoms with Crippen molar-refractivity contribution in [1.82, 2.24) is 5.32 Å². The summed E-state index contributed by atoms with van der Waals surface area (Å²) in [5.41, 5.74) is 1.47. The molecule has 0 heterocycles. The normalized spacial score (nSPS) is 10.4. The Bertz CT molecular complexity index is 440. The van der Waals surface area contributed by atoms with E-state index in [9.17, 15) is 4.79 Å². The fraction of sp³-hybridized carbons (Fsp3) is 0.562. The molecule has 0 saturated carbocycles. The standard InChI is InChI=1S/C16H25ClN2OS/c1-3-9-18-15-8-7-13(17)12-14(15)16(20)19-10-5-4-6-11-21-2/h7-8,12,18H,3-6,9-11H2,1-2H3,(H,19,20). The molecule has 0 saturated heterocycles. The second-order valence-corrected chi connectivity index (χ2v) is 6.35. The number of benzene rings is 1. The Morgan fingerprint density at radius 2 is 2.05 bits per heavy atom. The van der Waals surface area contributed by atoms with Crippen LogP contribution in [-0.4, -0.2) is 31.0 Å². The van der Waals surface area contributed by atoms with Gasteiger partial charge in [-0.2, -0.15) is 11.8 Å². The second kappa shape index (κ2) is 10.8. The molecule has 0 spiro atoms. The number of nitrogens with one attached hydrogen (secondary N) is 2. The smallest absolute Gasteiger partial charge is 0.253 e. The highest BCUT2D eigenvalue weighted by molar-refractivity contribution is 7.98. The van der Waals surface area contributed by atoms with Crippen molar-refractivity contribution in [3.63, 3.8) is 0 Å². The lowest BCUT2D eigenvalue weighted by atomic mass is 10.1. The van der Waals surface area contributed by atoms with Crippen LogP contribution in [0.15, 0.2) is 18.2 Å². The van der Waals surface area contributed by atoms with E-state index in [0.717, 1.165) is 31.5 Å². The lowest BCUT2D eigenvalue weighted by Crippen LogP contribution is -2.25. The van der Waals surface area contributed by atoms with Crippen LogP contribution in [0.25, 0.3) is 0 Å². The molecule has 1 aromatic carbocycles. The fourth-order valence-corrected chi connectivity index (χ4v) is 2.63. The van der Waals surface area contributed by atoms with Crippen molar-refractivity contribution in [1.29, 1.82) is 0 Å². The third-order valence-electron chi connectivity index (χ3n) is 3.10. The van der Waals surface area contributed by atoms with Gasteiger partial charge in [-0.05, 0) is 49.5 Å². The molecular formula is C16H25ClN2OS. The van der Waals surface area contributed by atoms with Crippen molar-refractivity contribution in [2.75, 3.05) is 30.4 Å². The summed E-state index contributed by atoms with van der Waals surface area (Å²) in [7, 11) is 0. The SMILES string of the molecule is CCCNc1ccc(Cl)cc1C(=O)NCCCCCSC. The van der Waals surface area contributed by atoms with Crippen LogP contribution >= 0.6 is 23.4 Å². The lowest BCUT2D eigenvalue weighted by molar-refractivity contribution is 0.0954. The summed E-state index contributed by atoms with van der Waals surface area (Å²) < 4.78 is 0. The number of hydrogen-bond acceptors (Lipinski definition) is 3. The van der Waals surface area contributed by atoms with E-state index in [0.29, 0.717) is 17.1 Å². The van der Waals surface area contributed by atoms with Gasteiger partial charge in [-0.15, -0.1) is 0 Å². The summed E-state index contributed by atoms with van der Waals surface area (Å²) in [4.78, 5) is 12.3. The van der Waals surface area contributed by atoms with E-state index < -0.39 is 0 Å². The monoisotopic (exact) mass is 328 g/mol. The van der Waals surface area contributed by atoms with Crippen molar-refractivity contribution in [2.24, 2.45) is 0 Å². The summed E-state index contributed by atoms with van der Waals surface area (Å²) in [6.07, 6.45) is 6.50. The number of halogens is 1. The summed E-state index contributed by atoms with van der Waals surface area (Å²) in [6.45, 7) is 3.65. The number of unbranched alkanes of at least 4 members (excludes halogenated alkanes) is 2. The highest BCUT2D eigenvalue weighted by Gasteiger charge is 2.11. The van der Waals surface area contributed by atoms with Crippen LogP contribution in [0.5, 0.6) is 0 Å². The van der Waals surface area contributed by atoms with Gasteiger partial charge in [0.15, 0.2) is 0 Å². The molecule has 0 aromatic heterocycles. The van der Waals surface area contributed by atoms with Gasteiger partial charge in [0.25, 0.3) is 5.91 Å². The predicted molar refractivity (Wildman–Crippen MR) is 94.8 cm³/mol. The average Bonchev–Trinajstić information content (AvgIpc) is 2.49. The van der Waals surface area contributed by atoms with E-state index in [1.807, 2.05) is 17.8 Å². The van der Waals surface area contributed by atoms with E-state index in [4.69, 9.17) is 11.6 Å². The topological polar surface area (TPSA) is 41.1 Å². The molecule has 1 aromatic rings. The highest BCUT2D eigenvalue weighted by Crippen LogP contribution is 2.20. The maximum Gasteiger partial charge on any atom is 0.253 e. The van der Waals surface area contributed by atoms with Gasteiger partial charge in [0.2, 0.25) is 0 Å². The van der Waals surface area contributed by atoms with Crippen molar-refractivity contribution < 1.29 is 4.79 Å². The Morgan fingerprint density at radius 3 is 2.76 bits per heavy atom. The van der Waals surface area contributed by atoms with Crippen LogP contribution in [0.4, 0.5) is 5.69 Å². The Kier molecular flexibility index (Phi) is 9.35. The van der Waals surface area contributed by atoms with E-state index in [1.165, 1.54) is 12.2 Å². The van der Waals surface area contributed by atoms with Crippen LogP contribution in [0, 0.1) is 0 Å². The van der Waals surface area contributed by atoms with Crippen LogP contribution in [0.1, 0.15) is 43.0 Å². The lowest BCUT2D eigenvalue weighted by Gasteiger charge is -2.12. The third-order valence-corrected chi connectivity index (χ3v) is 4.03. The molecule has 0 radical (unpaired) electrons. The summed E-state index contributed by atoms with van der Waals surface area (Å²) in [6, 6.07) is 5.40. The average molecular weight is 329 g/mol. The quantitative estimate of drug-likeness (QED) is 0.624. The second-order valence-electron chi connectivity index (χ2n) is 4.93. The molecule has 2 N–H and O–H groups in total. The minimum absolute atomic E-state index is 0.0547. The van der Waals surface area contributed by atoms with Crippen LogP contribution in [0.2, 0.25) is 5.02 Å². The zero-order chi connectivity index (χ0) is 15.5. The van der Waals surface area contributed by atoms with E-state index in [-0.39, 0.29) is 5.91 Å². The molecular weight excluding hydrogens is 304 g/mol. The van der Waals surface area contributed by atoms with Gasteiger partial charge in [0, 0.05) is 23.8 Å². The Balaban J connectivity index is 2.50. The number of hydrogen-bond donors (Lipinski definition) is 2. The van der Waals surface area contributed by atoms with Gasteiger partial charge in [0.1, 0.15) is 0 Å². The molecule has 118 valence electrons. The first-order valence-electron chi connectivity index (χ1n) is 7.49. The molecule has 0 aliphatic carbocycles. The van der Waals surface area contributed by atoms with Gasteiger partial charge in [-0.1, -0.05) is 24.9 Å². The summed E-state index contributed by atoms with van der Waals surface area (Å²) in [5, 5.41) is 6.83. The molecule has 0 aliphatic heterocycles. The highest BCUT2D eigenvalue weighted by atomic mass is 35.5. The van der Waals surface area contributed by atoms with Crippen molar-refractivity contribution in [2.45, 2.75) is 32.6 Å².